The Kier molecular flexibility index (Phi) is 5.76. The minimum Gasteiger partial charge on any atom is -0.385 e. The minimum absolute atomic E-state index is 0.188. The molecule has 1 saturated carbocycles. The Morgan fingerprint density at radius 1 is 0.821 bits per heavy atom. The van der Waals surface area contributed by atoms with Crippen molar-refractivity contribution in [2.45, 2.75) is 43.9 Å². The van der Waals surface area contributed by atoms with Gasteiger partial charge in [0, 0.05) is 38.8 Å². The van der Waals surface area contributed by atoms with Crippen molar-refractivity contribution < 1.29 is 13.9 Å². The van der Waals surface area contributed by atoms with E-state index in [-0.39, 0.29) is 11.6 Å². The van der Waals surface area contributed by atoms with Gasteiger partial charge in [-0.15, -0.1) is 0 Å². The van der Waals surface area contributed by atoms with Crippen molar-refractivity contribution in [3.63, 3.8) is 0 Å². The van der Waals surface area contributed by atoms with Crippen LogP contribution in [0.3, 0.4) is 0 Å². The SMILES string of the molecule is OC1(c2ccc(F)cc2)CCC(N2CCN(Cc3ccc(F)cc3)CC2)CC1. The van der Waals surface area contributed by atoms with Crippen LogP contribution in [-0.2, 0) is 12.1 Å². The molecule has 28 heavy (non-hydrogen) atoms. The molecule has 0 atom stereocenters. The smallest absolute Gasteiger partial charge is 0.123 e. The summed E-state index contributed by atoms with van der Waals surface area (Å²) >= 11 is 0. The van der Waals surface area contributed by atoms with Gasteiger partial charge < -0.3 is 5.11 Å². The van der Waals surface area contributed by atoms with Gasteiger partial charge in [0.05, 0.1) is 5.60 Å². The lowest BCUT2D eigenvalue weighted by Gasteiger charge is -2.44. The number of halogens is 2. The van der Waals surface area contributed by atoms with Gasteiger partial charge in [-0.25, -0.2) is 8.78 Å². The van der Waals surface area contributed by atoms with Crippen LogP contribution >= 0.6 is 0 Å². The van der Waals surface area contributed by atoms with Crippen molar-refractivity contribution in [2.75, 3.05) is 26.2 Å². The van der Waals surface area contributed by atoms with Gasteiger partial charge in [-0.2, -0.15) is 0 Å². The molecule has 2 aliphatic rings. The summed E-state index contributed by atoms with van der Waals surface area (Å²) in [7, 11) is 0. The first kappa shape index (κ1) is 19.5. The summed E-state index contributed by atoms with van der Waals surface area (Å²) in [5.74, 6) is -0.453. The van der Waals surface area contributed by atoms with Crippen LogP contribution in [0.15, 0.2) is 48.5 Å². The first-order chi connectivity index (χ1) is 13.5. The van der Waals surface area contributed by atoms with Crippen LogP contribution in [0, 0.1) is 11.6 Å². The lowest BCUT2D eigenvalue weighted by Crippen LogP contribution is -2.51. The highest BCUT2D eigenvalue weighted by atomic mass is 19.1. The highest BCUT2D eigenvalue weighted by Crippen LogP contribution is 2.38. The van der Waals surface area contributed by atoms with Gasteiger partial charge in [0.15, 0.2) is 0 Å². The number of rotatable bonds is 4. The van der Waals surface area contributed by atoms with E-state index < -0.39 is 5.60 Å². The van der Waals surface area contributed by atoms with Gasteiger partial charge >= 0.3 is 0 Å². The fourth-order valence-corrected chi connectivity index (χ4v) is 4.63. The summed E-state index contributed by atoms with van der Waals surface area (Å²) in [6.07, 6.45) is 3.37. The number of hydrogen-bond donors (Lipinski definition) is 1. The zero-order valence-electron chi connectivity index (χ0n) is 16.2. The van der Waals surface area contributed by atoms with Crippen molar-refractivity contribution in [1.82, 2.24) is 9.80 Å². The Hall–Kier alpha value is -1.82. The van der Waals surface area contributed by atoms with Crippen LogP contribution in [0.5, 0.6) is 0 Å². The second-order valence-corrected chi connectivity index (χ2v) is 8.21. The van der Waals surface area contributed by atoms with Crippen LogP contribution in [0.1, 0.15) is 36.8 Å². The quantitative estimate of drug-likeness (QED) is 0.863. The summed E-state index contributed by atoms with van der Waals surface area (Å²) < 4.78 is 26.2. The molecule has 150 valence electrons. The van der Waals surface area contributed by atoms with Crippen molar-refractivity contribution in [2.24, 2.45) is 0 Å². The van der Waals surface area contributed by atoms with E-state index in [1.807, 2.05) is 12.1 Å². The van der Waals surface area contributed by atoms with Gasteiger partial charge in [0.2, 0.25) is 0 Å². The summed E-state index contributed by atoms with van der Waals surface area (Å²) in [6, 6.07) is 13.6. The maximum atomic E-state index is 13.2. The molecular weight excluding hydrogens is 358 g/mol. The predicted octanol–water partition coefficient (Wildman–Crippen LogP) is 3.91. The lowest BCUT2D eigenvalue weighted by atomic mass is 9.77. The fourth-order valence-electron chi connectivity index (χ4n) is 4.63. The molecule has 0 bridgehead atoms. The van der Waals surface area contributed by atoms with E-state index in [1.165, 1.54) is 24.3 Å². The molecule has 0 radical (unpaired) electrons. The van der Waals surface area contributed by atoms with Gasteiger partial charge in [0.1, 0.15) is 11.6 Å². The molecule has 1 heterocycles. The van der Waals surface area contributed by atoms with Crippen LogP contribution in [0.25, 0.3) is 0 Å². The molecular formula is C23H28F2N2O. The number of benzene rings is 2. The van der Waals surface area contributed by atoms with Crippen LogP contribution in [0.4, 0.5) is 8.78 Å². The molecule has 4 rings (SSSR count). The molecule has 0 spiro atoms. The first-order valence-electron chi connectivity index (χ1n) is 10.2. The van der Waals surface area contributed by atoms with Crippen molar-refractivity contribution in [1.29, 1.82) is 0 Å². The number of aliphatic hydroxyl groups is 1. The maximum Gasteiger partial charge on any atom is 0.123 e. The number of hydrogen-bond acceptors (Lipinski definition) is 3. The molecule has 0 unspecified atom stereocenters. The molecule has 1 N–H and O–H groups in total. The third-order valence-corrected chi connectivity index (χ3v) is 6.41. The average molecular weight is 386 g/mol. The normalized spacial score (nSPS) is 27.0. The van der Waals surface area contributed by atoms with Crippen LogP contribution in [0.2, 0.25) is 0 Å². The summed E-state index contributed by atoms with van der Waals surface area (Å²) in [5.41, 5.74) is 1.16. The molecule has 2 aromatic rings. The Morgan fingerprint density at radius 3 is 1.93 bits per heavy atom. The molecule has 1 saturated heterocycles. The van der Waals surface area contributed by atoms with E-state index in [9.17, 15) is 13.9 Å². The fraction of sp³-hybridized carbons (Fsp3) is 0.478. The first-order valence-corrected chi connectivity index (χ1v) is 10.2. The largest absolute Gasteiger partial charge is 0.385 e. The molecule has 2 fully saturated rings. The van der Waals surface area contributed by atoms with Crippen molar-refractivity contribution in [3.8, 4) is 0 Å². The van der Waals surface area contributed by atoms with E-state index in [0.29, 0.717) is 6.04 Å². The summed E-state index contributed by atoms with van der Waals surface area (Å²) in [6.45, 7) is 4.94. The second-order valence-electron chi connectivity index (χ2n) is 8.21. The zero-order chi connectivity index (χ0) is 19.6. The number of nitrogens with zero attached hydrogens (tertiary/aromatic N) is 2. The van der Waals surface area contributed by atoms with E-state index in [2.05, 4.69) is 9.80 Å². The zero-order valence-corrected chi connectivity index (χ0v) is 16.2. The highest BCUT2D eigenvalue weighted by Gasteiger charge is 2.37. The van der Waals surface area contributed by atoms with E-state index in [4.69, 9.17) is 0 Å². The highest BCUT2D eigenvalue weighted by molar-refractivity contribution is 5.24. The topological polar surface area (TPSA) is 26.7 Å². The minimum atomic E-state index is -0.825. The van der Waals surface area contributed by atoms with Gasteiger partial charge in [-0.1, -0.05) is 24.3 Å². The van der Waals surface area contributed by atoms with Gasteiger partial charge in [0.25, 0.3) is 0 Å². The maximum absolute atomic E-state index is 13.2. The molecule has 0 amide bonds. The average Bonchev–Trinajstić information content (AvgIpc) is 2.71. The molecule has 0 aromatic heterocycles. The third kappa shape index (κ3) is 4.43. The lowest BCUT2D eigenvalue weighted by molar-refractivity contribution is -0.0320. The molecule has 3 nitrogen and oxygen atoms in total. The monoisotopic (exact) mass is 386 g/mol. The Bertz CT molecular complexity index is 762. The molecule has 5 heteroatoms. The van der Waals surface area contributed by atoms with E-state index in [0.717, 1.165) is 69.5 Å². The number of piperazine rings is 1. The molecule has 1 aliphatic carbocycles. The Labute approximate surface area is 165 Å². The Morgan fingerprint density at radius 2 is 1.36 bits per heavy atom. The molecule has 1 aliphatic heterocycles. The van der Waals surface area contributed by atoms with Crippen molar-refractivity contribution in [3.05, 3.63) is 71.3 Å². The van der Waals surface area contributed by atoms with Crippen LogP contribution in [-0.4, -0.2) is 47.1 Å². The predicted molar refractivity (Wildman–Crippen MR) is 106 cm³/mol. The summed E-state index contributed by atoms with van der Waals surface area (Å²) in [5, 5.41) is 11.0. The molecule has 2 aromatic carbocycles. The standard InChI is InChI=1S/C23H28F2N2O/c24-20-5-1-18(2-6-20)17-26-13-15-27(16-14-26)22-9-11-23(28,12-10-22)19-3-7-21(25)8-4-19/h1-8,22,28H,9-17H2. The van der Waals surface area contributed by atoms with E-state index >= 15 is 0 Å². The summed E-state index contributed by atoms with van der Waals surface area (Å²) in [4.78, 5) is 4.97. The third-order valence-electron chi connectivity index (χ3n) is 6.41. The van der Waals surface area contributed by atoms with Gasteiger partial charge in [-0.05, 0) is 61.1 Å². The van der Waals surface area contributed by atoms with E-state index in [1.54, 1.807) is 12.1 Å². The van der Waals surface area contributed by atoms with Crippen LogP contribution < -0.4 is 0 Å². The van der Waals surface area contributed by atoms with Crippen molar-refractivity contribution >= 4 is 0 Å². The Balaban J connectivity index is 1.27. The second kappa shape index (κ2) is 8.27. The van der Waals surface area contributed by atoms with Gasteiger partial charge in [-0.3, -0.25) is 9.80 Å².